The summed E-state index contributed by atoms with van der Waals surface area (Å²) in [5, 5.41) is 6.20. The molecule has 0 saturated carbocycles. The molecule has 0 aliphatic carbocycles. The third-order valence-electron chi connectivity index (χ3n) is 4.19. The number of benzene rings is 1. The van der Waals surface area contributed by atoms with Crippen LogP contribution in [0.25, 0.3) is 0 Å². The maximum atomic E-state index is 13.3. The van der Waals surface area contributed by atoms with Gasteiger partial charge in [-0.05, 0) is 56.3 Å². The zero-order valence-electron chi connectivity index (χ0n) is 13.6. The molecule has 1 aliphatic heterocycles. The van der Waals surface area contributed by atoms with E-state index < -0.39 is 0 Å². The summed E-state index contributed by atoms with van der Waals surface area (Å²) < 4.78 is 13.3. The fraction of sp³-hybridized carbons (Fsp3) is 0.333. The summed E-state index contributed by atoms with van der Waals surface area (Å²) in [6.45, 7) is 2.40. The molecule has 3 rings (SSSR count). The summed E-state index contributed by atoms with van der Waals surface area (Å²) in [5.74, 6) is 0.555. The van der Waals surface area contributed by atoms with Crippen LogP contribution < -0.4 is 10.6 Å². The molecule has 1 amide bonds. The lowest BCUT2D eigenvalue weighted by Gasteiger charge is -2.18. The molecule has 6 heteroatoms. The van der Waals surface area contributed by atoms with Crippen LogP contribution in [0.3, 0.4) is 0 Å². The Kier molecular flexibility index (Phi) is 5.05. The minimum absolute atomic E-state index is 0.0411. The molecule has 1 atom stereocenters. The molecule has 0 radical (unpaired) electrons. The molecule has 1 fully saturated rings. The van der Waals surface area contributed by atoms with Crippen molar-refractivity contribution in [2.75, 3.05) is 32.0 Å². The lowest BCUT2D eigenvalue weighted by Crippen LogP contribution is -2.31. The molecule has 0 bridgehead atoms. The average molecular weight is 328 g/mol. The van der Waals surface area contributed by atoms with Crippen LogP contribution in [0, 0.1) is 11.7 Å². The maximum absolute atomic E-state index is 13.3. The summed E-state index contributed by atoms with van der Waals surface area (Å²) in [6, 6.07) is 9.60. The number of carbonyl (C=O) groups excluding carboxylic acids is 1. The highest BCUT2D eigenvalue weighted by Gasteiger charge is 2.28. The van der Waals surface area contributed by atoms with Gasteiger partial charge in [0.25, 0.3) is 5.91 Å². The van der Waals surface area contributed by atoms with Gasteiger partial charge in [0.05, 0.1) is 5.56 Å². The number of halogens is 1. The third kappa shape index (κ3) is 3.71. The summed E-state index contributed by atoms with van der Waals surface area (Å²) >= 11 is 0. The molecule has 1 aromatic heterocycles. The van der Waals surface area contributed by atoms with Gasteiger partial charge in [-0.2, -0.15) is 0 Å². The number of amides is 1. The molecule has 2 heterocycles. The molecule has 1 saturated heterocycles. The van der Waals surface area contributed by atoms with Crippen molar-refractivity contribution < 1.29 is 9.18 Å². The van der Waals surface area contributed by atoms with E-state index in [1.807, 2.05) is 11.9 Å². The molecule has 1 aromatic carbocycles. The normalized spacial score (nSPS) is 17.1. The number of rotatable bonds is 5. The fourth-order valence-electron chi connectivity index (χ4n) is 3.02. The molecule has 2 aromatic rings. The van der Waals surface area contributed by atoms with Gasteiger partial charge in [-0.15, -0.1) is 0 Å². The monoisotopic (exact) mass is 328 g/mol. The predicted octanol–water partition coefficient (Wildman–Crippen LogP) is 2.65. The smallest absolute Gasteiger partial charge is 0.257 e. The Hall–Kier alpha value is -2.47. The SMILES string of the molecule is CNCC1CCN(C(=O)c2cccnc2Nc2cccc(F)c2)C1. The van der Waals surface area contributed by atoms with Gasteiger partial charge < -0.3 is 15.5 Å². The number of hydrogen-bond acceptors (Lipinski definition) is 4. The Bertz CT molecular complexity index is 722. The van der Waals surface area contributed by atoms with Gasteiger partial charge in [-0.3, -0.25) is 4.79 Å². The Morgan fingerprint density at radius 1 is 1.38 bits per heavy atom. The second-order valence-electron chi connectivity index (χ2n) is 6.00. The highest BCUT2D eigenvalue weighted by atomic mass is 19.1. The van der Waals surface area contributed by atoms with E-state index in [0.29, 0.717) is 23.0 Å². The highest BCUT2D eigenvalue weighted by molar-refractivity contribution is 5.99. The summed E-state index contributed by atoms with van der Waals surface area (Å²) in [6.07, 6.45) is 2.62. The second-order valence-corrected chi connectivity index (χ2v) is 6.00. The van der Waals surface area contributed by atoms with Crippen molar-refractivity contribution in [2.45, 2.75) is 6.42 Å². The number of anilines is 2. The molecule has 0 spiro atoms. The van der Waals surface area contributed by atoms with E-state index in [1.165, 1.54) is 12.1 Å². The van der Waals surface area contributed by atoms with Crippen molar-refractivity contribution in [3.63, 3.8) is 0 Å². The maximum Gasteiger partial charge on any atom is 0.257 e. The van der Waals surface area contributed by atoms with E-state index >= 15 is 0 Å². The van der Waals surface area contributed by atoms with E-state index in [4.69, 9.17) is 0 Å². The Balaban J connectivity index is 1.78. The van der Waals surface area contributed by atoms with Crippen LogP contribution in [0.1, 0.15) is 16.8 Å². The summed E-state index contributed by atoms with van der Waals surface area (Å²) in [7, 11) is 1.92. The number of hydrogen-bond donors (Lipinski definition) is 2. The van der Waals surface area contributed by atoms with Gasteiger partial charge >= 0.3 is 0 Å². The Morgan fingerprint density at radius 2 is 2.25 bits per heavy atom. The largest absolute Gasteiger partial charge is 0.339 e. The summed E-state index contributed by atoms with van der Waals surface area (Å²) in [4.78, 5) is 18.9. The third-order valence-corrected chi connectivity index (χ3v) is 4.19. The molecular formula is C18H21FN4O. The quantitative estimate of drug-likeness (QED) is 0.886. The molecular weight excluding hydrogens is 307 g/mol. The van der Waals surface area contributed by atoms with Crippen LogP contribution in [0.4, 0.5) is 15.9 Å². The highest BCUT2D eigenvalue weighted by Crippen LogP contribution is 2.23. The molecule has 1 aliphatic rings. The minimum atomic E-state index is -0.335. The number of pyridine rings is 1. The van der Waals surface area contributed by atoms with Gasteiger partial charge in [0.15, 0.2) is 0 Å². The van der Waals surface area contributed by atoms with Crippen molar-refractivity contribution in [2.24, 2.45) is 5.92 Å². The number of aromatic nitrogens is 1. The van der Waals surface area contributed by atoms with E-state index in [-0.39, 0.29) is 11.7 Å². The van der Waals surface area contributed by atoms with E-state index in [1.54, 1.807) is 30.5 Å². The first kappa shape index (κ1) is 16.4. The summed E-state index contributed by atoms with van der Waals surface area (Å²) in [5.41, 5.74) is 1.07. The van der Waals surface area contributed by atoms with E-state index in [2.05, 4.69) is 15.6 Å². The van der Waals surface area contributed by atoms with Crippen LogP contribution in [0.2, 0.25) is 0 Å². The van der Waals surface area contributed by atoms with Crippen molar-refractivity contribution in [3.05, 3.63) is 54.0 Å². The van der Waals surface area contributed by atoms with Gasteiger partial charge in [-0.25, -0.2) is 9.37 Å². The topological polar surface area (TPSA) is 57.3 Å². The lowest BCUT2D eigenvalue weighted by molar-refractivity contribution is 0.0788. The number of nitrogens with zero attached hydrogens (tertiary/aromatic N) is 2. The molecule has 1 unspecified atom stereocenters. The first-order chi connectivity index (χ1) is 11.7. The zero-order chi connectivity index (χ0) is 16.9. The van der Waals surface area contributed by atoms with E-state index in [0.717, 1.165) is 26.1 Å². The Labute approximate surface area is 140 Å². The first-order valence-corrected chi connectivity index (χ1v) is 8.09. The van der Waals surface area contributed by atoms with Gasteiger partial charge in [0, 0.05) is 25.0 Å². The van der Waals surface area contributed by atoms with Crippen molar-refractivity contribution >= 4 is 17.4 Å². The molecule has 2 N–H and O–H groups in total. The van der Waals surface area contributed by atoms with Crippen LogP contribution in [-0.4, -0.2) is 42.5 Å². The van der Waals surface area contributed by atoms with Gasteiger partial charge in [0.2, 0.25) is 0 Å². The second kappa shape index (κ2) is 7.40. The fourth-order valence-corrected chi connectivity index (χ4v) is 3.02. The van der Waals surface area contributed by atoms with E-state index in [9.17, 15) is 9.18 Å². The number of nitrogens with one attached hydrogen (secondary N) is 2. The van der Waals surface area contributed by atoms with Crippen molar-refractivity contribution in [3.8, 4) is 0 Å². The van der Waals surface area contributed by atoms with Crippen LogP contribution in [-0.2, 0) is 0 Å². The van der Waals surface area contributed by atoms with Crippen LogP contribution in [0.15, 0.2) is 42.6 Å². The number of carbonyl (C=O) groups is 1. The van der Waals surface area contributed by atoms with Crippen LogP contribution >= 0.6 is 0 Å². The average Bonchev–Trinajstić information content (AvgIpc) is 3.04. The van der Waals surface area contributed by atoms with Crippen LogP contribution in [0.5, 0.6) is 0 Å². The van der Waals surface area contributed by atoms with Crippen molar-refractivity contribution in [1.29, 1.82) is 0 Å². The lowest BCUT2D eigenvalue weighted by atomic mass is 10.1. The van der Waals surface area contributed by atoms with Crippen molar-refractivity contribution in [1.82, 2.24) is 15.2 Å². The molecule has 24 heavy (non-hydrogen) atoms. The standard InChI is InChI=1S/C18H21FN4O/c1-20-11-13-7-9-23(12-13)18(24)16-6-3-8-21-17(16)22-15-5-2-4-14(19)10-15/h2-6,8,10,13,20H,7,9,11-12H2,1H3,(H,21,22). The molecule has 126 valence electrons. The number of likely N-dealkylation sites (tertiary alicyclic amines) is 1. The Morgan fingerprint density at radius 3 is 3.04 bits per heavy atom. The zero-order valence-corrected chi connectivity index (χ0v) is 13.6. The minimum Gasteiger partial charge on any atom is -0.339 e. The molecule has 5 nitrogen and oxygen atoms in total. The predicted molar refractivity (Wildman–Crippen MR) is 91.9 cm³/mol. The first-order valence-electron chi connectivity index (χ1n) is 8.09. The van der Waals surface area contributed by atoms with Gasteiger partial charge in [0.1, 0.15) is 11.6 Å². The van der Waals surface area contributed by atoms with Gasteiger partial charge in [-0.1, -0.05) is 6.07 Å².